The molecule has 0 unspecified atom stereocenters. The quantitative estimate of drug-likeness (QED) is 0.499. The third-order valence-electron chi connectivity index (χ3n) is 4.38. The molecule has 0 saturated carbocycles. The molecule has 0 aliphatic heterocycles. The topological polar surface area (TPSA) is 104 Å². The van der Waals surface area contributed by atoms with E-state index in [0.29, 0.717) is 16.8 Å². The van der Waals surface area contributed by atoms with Crippen LogP contribution in [0.15, 0.2) is 69.9 Å². The molecule has 28 heavy (non-hydrogen) atoms. The van der Waals surface area contributed by atoms with Gasteiger partial charge in [0.05, 0.1) is 18.5 Å². The van der Waals surface area contributed by atoms with Crippen LogP contribution in [-0.2, 0) is 16.0 Å². The van der Waals surface area contributed by atoms with Crippen molar-refractivity contribution in [2.24, 2.45) is 0 Å². The number of fused-ring (bicyclic) bond motifs is 2. The Morgan fingerprint density at radius 2 is 1.79 bits per heavy atom. The summed E-state index contributed by atoms with van der Waals surface area (Å²) in [6.45, 7) is -0.149. The molecule has 140 valence electrons. The van der Waals surface area contributed by atoms with E-state index in [9.17, 15) is 14.4 Å². The number of carbonyl (C=O) groups excluding carboxylic acids is 2. The molecule has 7 nitrogen and oxygen atoms in total. The number of aromatic amines is 1. The van der Waals surface area contributed by atoms with E-state index in [1.807, 2.05) is 42.5 Å². The molecule has 4 aromatic rings. The zero-order valence-electron chi connectivity index (χ0n) is 14.8. The maximum atomic E-state index is 12.2. The molecule has 1 heterocycles. The van der Waals surface area contributed by atoms with E-state index < -0.39 is 5.76 Å². The first-order valence-electron chi connectivity index (χ1n) is 8.74. The lowest BCUT2D eigenvalue weighted by Crippen LogP contribution is -2.33. The Morgan fingerprint density at radius 1 is 0.964 bits per heavy atom. The van der Waals surface area contributed by atoms with Crippen LogP contribution in [0, 0.1) is 0 Å². The van der Waals surface area contributed by atoms with Gasteiger partial charge in [0, 0.05) is 5.69 Å². The minimum Gasteiger partial charge on any atom is -0.408 e. The van der Waals surface area contributed by atoms with Gasteiger partial charge >= 0.3 is 5.76 Å². The second kappa shape index (κ2) is 7.40. The van der Waals surface area contributed by atoms with E-state index in [1.54, 1.807) is 18.2 Å². The molecule has 0 fully saturated rings. The molecule has 0 radical (unpaired) electrons. The Hall–Kier alpha value is -3.87. The largest absolute Gasteiger partial charge is 0.417 e. The van der Waals surface area contributed by atoms with Crippen LogP contribution in [0.3, 0.4) is 0 Å². The summed E-state index contributed by atoms with van der Waals surface area (Å²) >= 11 is 0. The SMILES string of the molecule is O=C(Cc1cccc2ccccc12)NCC(=O)Nc1ccc2oc(=O)[nH]c2c1. The molecule has 0 bridgehead atoms. The van der Waals surface area contributed by atoms with Gasteiger partial charge in [0.2, 0.25) is 11.8 Å². The lowest BCUT2D eigenvalue weighted by molar-refractivity contribution is -0.123. The highest BCUT2D eigenvalue weighted by Crippen LogP contribution is 2.19. The number of H-pyrrole nitrogens is 1. The second-order valence-corrected chi connectivity index (χ2v) is 6.37. The van der Waals surface area contributed by atoms with Crippen LogP contribution in [0.1, 0.15) is 5.56 Å². The molecule has 0 aliphatic rings. The van der Waals surface area contributed by atoms with Crippen molar-refractivity contribution in [3.05, 3.63) is 76.8 Å². The minimum absolute atomic E-state index is 0.149. The Bertz CT molecular complexity index is 1230. The van der Waals surface area contributed by atoms with E-state index in [1.165, 1.54) is 0 Å². The van der Waals surface area contributed by atoms with E-state index in [2.05, 4.69) is 15.6 Å². The number of anilines is 1. The van der Waals surface area contributed by atoms with Crippen molar-refractivity contribution in [1.29, 1.82) is 0 Å². The number of hydrogen-bond acceptors (Lipinski definition) is 4. The fraction of sp³-hybridized carbons (Fsp3) is 0.0952. The highest BCUT2D eigenvalue weighted by atomic mass is 16.4. The predicted octanol–water partition coefficient (Wildman–Crippen LogP) is 2.57. The van der Waals surface area contributed by atoms with Gasteiger partial charge in [-0.1, -0.05) is 42.5 Å². The van der Waals surface area contributed by atoms with Gasteiger partial charge < -0.3 is 15.1 Å². The van der Waals surface area contributed by atoms with Crippen molar-refractivity contribution in [2.45, 2.75) is 6.42 Å². The van der Waals surface area contributed by atoms with Crippen LogP contribution in [-0.4, -0.2) is 23.3 Å². The Balaban J connectivity index is 1.36. The average molecular weight is 375 g/mol. The molecule has 0 aliphatic carbocycles. The number of oxazole rings is 1. The average Bonchev–Trinajstić information content (AvgIpc) is 3.06. The molecular formula is C21H17N3O4. The highest BCUT2D eigenvalue weighted by molar-refractivity contribution is 5.96. The first kappa shape index (κ1) is 17.5. The third-order valence-corrected chi connectivity index (χ3v) is 4.38. The first-order valence-corrected chi connectivity index (χ1v) is 8.74. The maximum Gasteiger partial charge on any atom is 0.417 e. The summed E-state index contributed by atoms with van der Waals surface area (Å²) in [6, 6.07) is 18.5. The molecule has 3 N–H and O–H groups in total. The Kier molecular flexibility index (Phi) is 4.63. The molecule has 0 atom stereocenters. The summed E-state index contributed by atoms with van der Waals surface area (Å²) in [7, 11) is 0. The molecular weight excluding hydrogens is 358 g/mol. The zero-order valence-corrected chi connectivity index (χ0v) is 14.8. The van der Waals surface area contributed by atoms with Crippen molar-refractivity contribution in [3.63, 3.8) is 0 Å². The smallest absolute Gasteiger partial charge is 0.408 e. The number of rotatable bonds is 5. The van der Waals surface area contributed by atoms with Gasteiger partial charge in [-0.2, -0.15) is 0 Å². The third kappa shape index (κ3) is 3.78. The first-order chi connectivity index (χ1) is 13.6. The standard InChI is InChI=1S/C21H17N3O4/c25-19(10-14-6-3-5-13-4-1-2-7-16(13)14)22-12-20(26)23-15-8-9-18-17(11-15)24-21(27)28-18/h1-9,11H,10,12H2,(H,22,25)(H,23,26)(H,24,27). The number of aromatic nitrogens is 1. The van der Waals surface area contributed by atoms with E-state index in [0.717, 1.165) is 16.3 Å². The highest BCUT2D eigenvalue weighted by Gasteiger charge is 2.10. The number of amides is 2. The van der Waals surface area contributed by atoms with Crippen LogP contribution >= 0.6 is 0 Å². The summed E-state index contributed by atoms with van der Waals surface area (Å²) in [5, 5.41) is 7.39. The van der Waals surface area contributed by atoms with Gasteiger partial charge in [-0.25, -0.2) is 4.79 Å². The van der Waals surface area contributed by atoms with Crippen LogP contribution in [0.25, 0.3) is 21.9 Å². The molecule has 3 aromatic carbocycles. The fourth-order valence-corrected chi connectivity index (χ4v) is 3.10. The maximum absolute atomic E-state index is 12.2. The molecule has 7 heteroatoms. The summed E-state index contributed by atoms with van der Waals surface area (Å²) in [4.78, 5) is 38.0. The fourth-order valence-electron chi connectivity index (χ4n) is 3.10. The van der Waals surface area contributed by atoms with Crippen molar-refractivity contribution in [3.8, 4) is 0 Å². The summed E-state index contributed by atoms with van der Waals surface area (Å²) in [5.41, 5.74) is 2.30. The number of carbonyl (C=O) groups is 2. The lowest BCUT2D eigenvalue weighted by Gasteiger charge is -2.09. The van der Waals surface area contributed by atoms with Crippen LogP contribution in [0.5, 0.6) is 0 Å². The van der Waals surface area contributed by atoms with Gasteiger partial charge in [0.25, 0.3) is 0 Å². The van der Waals surface area contributed by atoms with Crippen LogP contribution in [0.2, 0.25) is 0 Å². The number of hydrogen-bond donors (Lipinski definition) is 3. The van der Waals surface area contributed by atoms with Gasteiger partial charge in [0.1, 0.15) is 0 Å². The Labute approximate surface area is 159 Å². The summed E-state index contributed by atoms with van der Waals surface area (Å²) in [5.74, 6) is -1.16. The van der Waals surface area contributed by atoms with Crippen molar-refractivity contribution in [1.82, 2.24) is 10.3 Å². The normalized spacial score (nSPS) is 10.9. The van der Waals surface area contributed by atoms with Gasteiger partial charge in [-0.15, -0.1) is 0 Å². The van der Waals surface area contributed by atoms with E-state index in [4.69, 9.17) is 4.42 Å². The van der Waals surface area contributed by atoms with Crippen molar-refractivity contribution in [2.75, 3.05) is 11.9 Å². The molecule has 2 amide bonds. The van der Waals surface area contributed by atoms with Crippen LogP contribution in [0.4, 0.5) is 5.69 Å². The molecule has 4 rings (SSSR count). The zero-order chi connectivity index (χ0) is 19.5. The molecule has 0 saturated heterocycles. The van der Waals surface area contributed by atoms with Gasteiger partial charge in [-0.05, 0) is 34.5 Å². The monoisotopic (exact) mass is 375 g/mol. The van der Waals surface area contributed by atoms with Crippen molar-refractivity contribution < 1.29 is 14.0 Å². The van der Waals surface area contributed by atoms with Gasteiger partial charge in [0.15, 0.2) is 5.58 Å². The van der Waals surface area contributed by atoms with Gasteiger partial charge in [-0.3, -0.25) is 14.6 Å². The van der Waals surface area contributed by atoms with E-state index in [-0.39, 0.29) is 24.8 Å². The predicted molar refractivity (Wildman–Crippen MR) is 106 cm³/mol. The minimum atomic E-state index is -0.556. The Morgan fingerprint density at radius 3 is 2.68 bits per heavy atom. The van der Waals surface area contributed by atoms with Crippen LogP contribution < -0.4 is 16.4 Å². The summed E-state index contributed by atoms with van der Waals surface area (Å²) < 4.78 is 4.91. The lowest BCUT2D eigenvalue weighted by atomic mass is 10.0. The van der Waals surface area contributed by atoms with E-state index >= 15 is 0 Å². The number of benzene rings is 3. The van der Waals surface area contributed by atoms with Crippen molar-refractivity contribution >= 4 is 39.4 Å². The number of nitrogens with one attached hydrogen (secondary N) is 3. The molecule has 1 aromatic heterocycles. The second-order valence-electron chi connectivity index (χ2n) is 6.37. The molecule has 0 spiro atoms. The summed E-state index contributed by atoms with van der Waals surface area (Å²) in [6.07, 6.45) is 0.191.